The molecule has 0 spiro atoms. The van der Waals surface area contributed by atoms with Crippen LogP contribution in [0.3, 0.4) is 0 Å². The Hall–Kier alpha value is -2.11. The van der Waals surface area contributed by atoms with Gasteiger partial charge < -0.3 is 9.88 Å². The Morgan fingerprint density at radius 3 is 2.78 bits per heavy atom. The Morgan fingerprint density at radius 2 is 2.09 bits per heavy atom. The maximum Gasteiger partial charge on any atom is 0.275 e. The minimum atomic E-state index is -0.207. The van der Waals surface area contributed by atoms with Gasteiger partial charge in [-0.3, -0.25) is 4.79 Å². The number of amides is 1. The average molecular weight is 346 g/mol. The fraction of sp³-hybridized carbons (Fsp3) is 0.176. The predicted molar refractivity (Wildman–Crippen MR) is 95.0 cm³/mol. The number of anilines is 1. The summed E-state index contributed by atoms with van der Waals surface area (Å²) in [6.45, 7) is 3.95. The van der Waals surface area contributed by atoms with Crippen LogP contribution < -0.4 is 5.32 Å². The van der Waals surface area contributed by atoms with Gasteiger partial charge in [0.2, 0.25) is 0 Å². The highest BCUT2D eigenvalue weighted by molar-refractivity contribution is 7.14. The number of thiazole rings is 1. The molecule has 23 heavy (non-hydrogen) atoms. The van der Waals surface area contributed by atoms with Gasteiger partial charge in [0.05, 0.1) is 0 Å². The number of hydrogen-bond acceptors (Lipinski definition) is 3. The maximum absolute atomic E-state index is 12.6. The van der Waals surface area contributed by atoms with Crippen LogP contribution in [0.25, 0.3) is 5.13 Å². The lowest BCUT2D eigenvalue weighted by atomic mass is 10.2. The van der Waals surface area contributed by atoms with E-state index in [1.165, 1.54) is 11.3 Å². The van der Waals surface area contributed by atoms with Crippen LogP contribution in [0.1, 0.15) is 27.9 Å². The monoisotopic (exact) mass is 345 g/mol. The molecule has 6 heteroatoms. The SMILES string of the molecule is CCc1sc(-n2cccc2)nc1C(=O)Nc1cc(Cl)ccc1C. The first-order chi connectivity index (χ1) is 11.1. The number of aryl methyl sites for hydroxylation is 2. The molecule has 1 aromatic carbocycles. The topological polar surface area (TPSA) is 46.9 Å². The van der Waals surface area contributed by atoms with Gasteiger partial charge >= 0.3 is 0 Å². The van der Waals surface area contributed by atoms with Crippen LogP contribution in [0.4, 0.5) is 5.69 Å². The number of hydrogen-bond donors (Lipinski definition) is 1. The van der Waals surface area contributed by atoms with Gasteiger partial charge in [-0.15, -0.1) is 11.3 Å². The molecule has 0 aliphatic heterocycles. The first-order valence-corrected chi connectivity index (χ1v) is 8.48. The number of nitrogens with zero attached hydrogens (tertiary/aromatic N) is 2. The van der Waals surface area contributed by atoms with Crippen molar-refractivity contribution >= 4 is 34.5 Å². The third-order valence-corrected chi connectivity index (χ3v) is 4.94. The molecule has 118 valence electrons. The lowest BCUT2D eigenvalue weighted by Gasteiger charge is -2.08. The first-order valence-electron chi connectivity index (χ1n) is 7.29. The Bertz CT molecular complexity index is 840. The number of carbonyl (C=O) groups is 1. The van der Waals surface area contributed by atoms with Crippen LogP contribution in [0.15, 0.2) is 42.7 Å². The summed E-state index contributed by atoms with van der Waals surface area (Å²) in [5.74, 6) is -0.207. The van der Waals surface area contributed by atoms with Gasteiger partial charge in [0, 0.05) is 28.0 Å². The highest BCUT2D eigenvalue weighted by Gasteiger charge is 2.18. The fourth-order valence-corrected chi connectivity index (χ4v) is 3.38. The lowest BCUT2D eigenvalue weighted by molar-refractivity contribution is 0.102. The summed E-state index contributed by atoms with van der Waals surface area (Å²) in [5, 5.41) is 4.29. The molecule has 0 saturated heterocycles. The molecule has 0 saturated carbocycles. The van der Waals surface area contributed by atoms with Gasteiger partial charge in [0.1, 0.15) is 5.69 Å². The summed E-state index contributed by atoms with van der Waals surface area (Å²) in [6, 6.07) is 9.30. The summed E-state index contributed by atoms with van der Waals surface area (Å²) < 4.78 is 1.91. The van der Waals surface area contributed by atoms with Crippen molar-refractivity contribution in [3.63, 3.8) is 0 Å². The van der Waals surface area contributed by atoms with E-state index < -0.39 is 0 Å². The zero-order chi connectivity index (χ0) is 16.4. The molecule has 0 bridgehead atoms. The van der Waals surface area contributed by atoms with Crippen molar-refractivity contribution < 1.29 is 4.79 Å². The largest absolute Gasteiger partial charge is 0.320 e. The van der Waals surface area contributed by atoms with Crippen LogP contribution in [0, 0.1) is 6.92 Å². The molecule has 2 aromatic heterocycles. The van der Waals surface area contributed by atoms with Gasteiger partial charge in [0.25, 0.3) is 5.91 Å². The molecule has 4 nitrogen and oxygen atoms in total. The smallest absolute Gasteiger partial charge is 0.275 e. The highest BCUT2D eigenvalue weighted by Crippen LogP contribution is 2.25. The second-order valence-electron chi connectivity index (χ2n) is 5.13. The van der Waals surface area contributed by atoms with E-state index in [0.29, 0.717) is 16.4 Å². The third kappa shape index (κ3) is 3.30. The van der Waals surface area contributed by atoms with E-state index in [1.54, 1.807) is 12.1 Å². The molecule has 0 aliphatic carbocycles. The molecule has 1 amide bonds. The molecule has 3 rings (SSSR count). The van der Waals surface area contributed by atoms with E-state index in [9.17, 15) is 4.79 Å². The van der Waals surface area contributed by atoms with E-state index in [0.717, 1.165) is 22.0 Å². The average Bonchev–Trinajstić information content (AvgIpc) is 3.19. The minimum absolute atomic E-state index is 0.207. The van der Waals surface area contributed by atoms with Gasteiger partial charge in [-0.25, -0.2) is 4.98 Å². The summed E-state index contributed by atoms with van der Waals surface area (Å²) in [6.07, 6.45) is 4.60. The van der Waals surface area contributed by atoms with Gasteiger partial charge in [0.15, 0.2) is 5.13 Å². The quantitative estimate of drug-likeness (QED) is 0.744. The minimum Gasteiger partial charge on any atom is -0.320 e. The predicted octanol–water partition coefficient (Wildman–Crippen LogP) is 4.71. The number of benzene rings is 1. The van der Waals surface area contributed by atoms with Crippen molar-refractivity contribution in [2.45, 2.75) is 20.3 Å². The van der Waals surface area contributed by atoms with Crippen molar-refractivity contribution in [3.05, 3.63) is 63.9 Å². The Labute approximate surface area is 143 Å². The maximum atomic E-state index is 12.6. The molecule has 0 fully saturated rings. The van der Waals surface area contributed by atoms with Crippen LogP contribution in [-0.2, 0) is 6.42 Å². The van der Waals surface area contributed by atoms with Gasteiger partial charge in [-0.05, 0) is 43.2 Å². The lowest BCUT2D eigenvalue weighted by Crippen LogP contribution is -2.15. The van der Waals surface area contributed by atoms with Crippen molar-refractivity contribution in [2.24, 2.45) is 0 Å². The van der Waals surface area contributed by atoms with Crippen molar-refractivity contribution in [2.75, 3.05) is 5.32 Å². The first kappa shape index (κ1) is 15.8. The Kier molecular flexibility index (Phi) is 4.50. The molecule has 0 atom stereocenters. The van der Waals surface area contributed by atoms with E-state index in [2.05, 4.69) is 10.3 Å². The normalized spacial score (nSPS) is 10.7. The van der Waals surface area contributed by atoms with Crippen LogP contribution in [0.2, 0.25) is 5.02 Å². The molecule has 1 N–H and O–H groups in total. The fourth-order valence-electron chi connectivity index (χ4n) is 2.24. The zero-order valence-corrected chi connectivity index (χ0v) is 14.4. The standard InChI is InChI=1S/C17H16ClN3OS/c1-3-14-15(20-17(23-14)21-8-4-5-9-21)16(22)19-13-10-12(18)7-6-11(13)2/h4-10H,3H2,1-2H3,(H,19,22). The van der Waals surface area contributed by atoms with Gasteiger partial charge in [-0.1, -0.05) is 24.6 Å². The molecule has 0 aliphatic rings. The zero-order valence-electron chi connectivity index (χ0n) is 12.8. The van der Waals surface area contributed by atoms with Crippen LogP contribution >= 0.6 is 22.9 Å². The van der Waals surface area contributed by atoms with E-state index in [4.69, 9.17) is 11.6 Å². The second-order valence-corrected chi connectivity index (χ2v) is 6.62. The van der Waals surface area contributed by atoms with Crippen molar-refractivity contribution in [1.82, 2.24) is 9.55 Å². The number of carbonyl (C=O) groups excluding carboxylic acids is 1. The summed E-state index contributed by atoms with van der Waals surface area (Å²) in [7, 11) is 0. The highest BCUT2D eigenvalue weighted by atomic mass is 35.5. The summed E-state index contributed by atoms with van der Waals surface area (Å²) in [5.41, 5.74) is 2.14. The second kappa shape index (κ2) is 6.56. The van der Waals surface area contributed by atoms with Crippen molar-refractivity contribution in [3.8, 4) is 5.13 Å². The Morgan fingerprint density at radius 1 is 1.35 bits per heavy atom. The number of nitrogens with one attached hydrogen (secondary N) is 1. The van der Waals surface area contributed by atoms with Crippen molar-refractivity contribution in [1.29, 1.82) is 0 Å². The van der Waals surface area contributed by atoms with Crippen LogP contribution in [0.5, 0.6) is 0 Å². The van der Waals surface area contributed by atoms with E-state index in [1.807, 2.05) is 49.0 Å². The molecule has 3 aromatic rings. The summed E-state index contributed by atoms with van der Waals surface area (Å²) >= 11 is 7.54. The Balaban J connectivity index is 1.91. The molecule has 0 radical (unpaired) electrons. The summed E-state index contributed by atoms with van der Waals surface area (Å²) in [4.78, 5) is 18.1. The number of rotatable bonds is 4. The molecule has 2 heterocycles. The van der Waals surface area contributed by atoms with E-state index in [-0.39, 0.29) is 5.91 Å². The molecular weight excluding hydrogens is 330 g/mol. The van der Waals surface area contributed by atoms with Gasteiger partial charge in [-0.2, -0.15) is 0 Å². The molecule has 0 unspecified atom stereocenters. The van der Waals surface area contributed by atoms with E-state index >= 15 is 0 Å². The number of aromatic nitrogens is 2. The van der Waals surface area contributed by atoms with Crippen LogP contribution in [-0.4, -0.2) is 15.5 Å². The molecular formula is C17H16ClN3OS. The third-order valence-electron chi connectivity index (χ3n) is 3.50. The number of halogens is 1.